The van der Waals surface area contributed by atoms with Crippen molar-refractivity contribution in [2.45, 2.75) is 13.0 Å². The maximum atomic E-state index is 12.4. The van der Waals surface area contributed by atoms with E-state index in [1.165, 1.54) is 0 Å². The van der Waals surface area contributed by atoms with Crippen LogP contribution in [0, 0.1) is 18.8 Å². The number of nitrogens with zero attached hydrogens (tertiary/aromatic N) is 2. The molecule has 3 heterocycles. The average molecular weight is 394 g/mol. The molecule has 2 aromatic rings. The highest BCUT2D eigenvalue weighted by molar-refractivity contribution is 6.44. The van der Waals surface area contributed by atoms with Crippen LogP contribution in [0.4, 0.5) is 5.82 Å². The largest absolute Gasteiger partial charge is 0.365 e. The minimum Gasteiger partial charge on any atom is -0.365 e. The molecule has 0 aromatic carbocycles. The van der Waals surface area contributed by atoms with Gasteiger partial charge < -0.3 is 20.9 Å². The molecular formula is C17H17Cl2N5O2. The molecule has 2 amide bonds. The van der Waals surface area contributed by atoms with E-state index in [9.17, 15) is 9.59 Å². The van der Waals surface area contributed by atoms with Gasteiger partial charge in [0.15, 0.2) is 0 Å². The van der Waals surface area contributed by atoms with Gasteiger partial charge in [-0.2, -0.15) is 0 Å². The predicted molar refractivity (Wildman–Crippen MR) is 98.8 cm³/mol. The van der Waals surface area contributed by atoms with Crippen LogP contribution in [0.2, 0.25) is 10.0 Å². The van der Waals surface area contributed by atoms with Gasteiger partial charge in [0.2, 0.25) is 0 Å². The van der Waals surface area contributed by atoms with Crippen LogP contribution in [0.3, 0.4) is 0 Å². The fourth-order valence-electron chi connectivity index (χ4n) is 3.71. The maximum Gasteiger partial charge on any atom is 0.269 e. The number of anilines is 1. The number of fused-ring (bicyclic) bond motifs is 1. The topological polar surface area (TPSA) is 104 Å². The summed E-state index contributed by atoms with van der Waals surface area (Å²) in [6.45, 7) is 3.19. The van der Waals surface area contributed by atoms with Crippen molar-refractivity contribution in [3.8, 4) is 0 Å². The Hall–Kier alpha value is -2.25. The SMILES string of the molecule is Cc1[nH]c(C(=O)N[C@H]2[C@@H]3CN(c4ncccc4C(N)=O)C[C@@H]32)c(Cl)c1Cl. The van der Waals surface area contributed by atoms with E-state index in [0.29, 0.717) is 47.0 Å². The van der Waals surface area contributed by atoms with Crippen LogP contribution in [0.15, 0.2) is 18.3 Å². The van der Waals surface area contributed by atoms with Gasteiger partial charge in [-0.25, -0.2) is 4.98 Å². The van der Waals surface area contributed by atoms with Gasteiger partial charge in [0, 0.05) is 42.9 Å². The average Bonchev–Trinajstić information content (AvgIpc) is 2.95. The van der Waals surface area contributed by atoms with Crippen LogP contribution in [0.25, 0.3) is 0 Å². The first-order chi connectivity index (χ1) is 12.4. The van der Waals surface area contributed by atoms with Crippen molar-refractivity contribution in [1.82, 2.24) is 15.3 Å². The zero-order valence-corrected chi connectivity index (χ0v) is 15.4. The number of pyridine rings is 1. The molecule has 7 nitrogen and oxygen atoms in total. The van der Waals surface area contributed by atoms with E-state index in [0.717, 1.165) is 0 Å². The number of amides is 2. The first-order valence-electron chi connectivity index (χ1n) is 8.22. The number of carbonyl (C=O) groups is 2. The van der Waals surface area contributed by atoms with Gasteiger partial charge in [-0.15, -0.1) is 0 Å². The highest BCUT2D eigenvalue weighted by atomic mass is 35.5. The number of aromatic amines is 1. The summed E-state index contributed by atoms with van der Waals surface area (Å²) in [5.74, 6) is 0.477. The summed E-state index contributed by atoms with van der Waals surface area (Å²) >= 11 is 12.1. The van der Waals surface area contributed by atoms with Crippen LogP contribution in [0.5, 0.6) is 0 Å². The lowest BCUT2D eigenvalue weighted by atomic mass is 10.2. The van der Waals surface area contributed by atoms with Gasteiger partial charge >= 0.3 is 0 Å². The molecule has 0 spiro atoms. The lowest BCUT2D eigenvalue weighted by Crippen LogP contribution is -2.36. The molecule has 0 unspecified atom stereocenters. The molecule has 9 heteroatoms. The molecule has 1 saturated carbocycles. The van der Waals surface area contributed by atoms with E-state index in [-0.39, 0.29) is 22.7 Å². The van der Waals surface area contributed by atoms with Gasteiger partial charge in [-0.3, -0.25) is 9.59 Å². The van der Waals surface area contributed by atoms with E-state index in [2.05, 4.69) is 15.3 Å². The number of piperidine rings is 1. The van der Waals surface area contributed by atoms with Crippen molar-refractivity contribution in [1.29, 1.82) is 0 Å². The van der Waals surface area contributed by atoms with Crippen molar-refractivity contribution in [2.24, 2.45) is 17.6 Å². The number of nitrogens with one attached hydrogen (secondary N) is 2. The minimum atomic E-state index is -0.493. The summed E-state index contributed by atoms with van der Waals surface area (Å²) in [5.41, 5.74) is 6.79. The fourth-order valence-corrected chi connectivity index (χ4v) is 4.12. The summed E-state index contributed by atoms with van der Waals surface area (Å²) in [7, 11) is 0. The second-order valence-corrected chi connectivity index (χ2v) is 7.48. The zero-order valence-electron chi connectivity index (χ0n) is 13.9. The third kappa shape index (κ3) is 2.71. The highest BCUT2D eigenvalue weighted by Crippen LogP contribution is 2.47. The molecule has 2 aromatic heterocycles. The van der Waals surface area contributed by atoms with Crippen molar-refractivity contribution in [2.75, 3.05) is 18.0 Å². The van der Waals surface area contributed by atoms with E-state index in [1.807, 2.05) is 4.90 Å². The van der Waals surface area contributed by atoms with Gasteiger partial charge in [-0.05, 0) is 19.1 Å². The van der Waals surface area contributed by atoms with Gasteiger partial charge in [0.05, 0.1) is 15.6 Å². The fraction of sp³-hybridized carbons (Fsp3) is 0.353. The quantitative estimate of drug-likeness (QED) is 0.738. The highest BCUT2D eigenvalue weighted by Gasteiger charge is 2.57. The molecule has 1 aliphatic carbocycles. The van der Waals surface area contributed by atoms with Crippen LogP contribution in [0.1, 0.15) is 26.5 Å². The Balaban J connectivity index is 1.42. The van der Waals surface area contributed by atoms with Crippen molar-refractivity contribution in [3.63, 3.8) is 0 Å². The molecule has 4 N–H and O–H groups in total. The van der Waals surface area contributed by atoms with Crippen molar-refractivity contribution >= 4 is 40.8 Å². The number of halogens is 2. The normalized spacial score (nSPS) is 23.7. The third-order valence-corrected chi connectivity index (χ3v) is 6.07. The number of hydrogen-bond donors (Lipinski definition) is 3. The molecule has 1 aliphatic heterocycles. The number of H-pyrrole nitrogens is 1. The molecule has 26 heavy (non-hydrogen) atoms. The number of carbonyl (C=O) groups excluding carboxylic acids is 2. The maximum absolute atomic E-state index is 12.4. The lowest BCUT2D eigenvalue weighted by molar-refractivity contribution is 0.0941. The number of rotatable bonds is 4. The van der Waals surface area contributed by atoms with Gasteiger partial charge in [-0.1, -0.05) is 23.2 Å². The number of aromatic nitrogens is 2. The molecule has 1 saturated heterocycles. The first-order valence-corrected chi connectivity index (χ1v) is 8.98. The van der Waals surface area contributed by atoms with Gasteiger partial charge in [0.25, 0.3) is 11.8 Å². The zero-order chi connectivity index (χ0) is 18.6. The van der Waals surface area contributed by atoms with E-state index in [4.69, 9.17) is 28.9 Å². The van der Waals surface area contributed by atoms with E-state index >= 15 is 0 Å². The standard InChI is InChI=1S/C17H17Cl2N5O2/c1-7-11(18)12(19)14(22-7)17(26)23-13-9-5-24(6-10(9)13)16-8(15(20)25)3-2-4-21-16/h2-4,9-10,13,22H,5-6H2,1H3,(H2,20,25)(H,23,26)/t9-,10+,13+. The minimum absolute atomic E-state index is 0.0814. The van der Waals surface area contributed by atoms with Crippen LogP contribution in [-0.4, -0.2) is 40.9 Å². The Labute approximate surface area is 159 Å². The molecule has 136 valence electrons. The van der Waals surface area contributed by atoms with Gasteiger partial charge in [0.1, 0.15) is 11.5 Å². The third-order valence-electron chi connectivity index (χ3n) is 5.12. The Morgan fingerprint density at radius 1 is 1.31 bits per heavy atom. The Bertz CT molecular complexity index is 901. The number of aryl methyl sites for hydroxylation is 1. The van der Waals surface area contributed by atoms with Crippen LogP contribution in [-0.2, 0) is 0 Å². The molecule has 2 aliphatic rings. The Morgan fingerprint density at radius 2 is 2.00 bits per heavy atom. The lowest BCUT2D eigenvalue weighted by Gasteiger charge is -2.22. The number of primary amides is 1. The molecule has 3 atom stereocenters. The summed E-state index contributed by atoms with van der Waals surface area (Å²) in [6.07, 6.45) is 1.64. The summed E-state index contributed by atoms with van der Waals surface area (Å²) in [6, 6.07) is 3.45. The predicted octanol–water partition coefficient (Wildman–Crippen LogP) is 1.99. The summed E-state index contributed by atoms with van der Waals surface area (Å²) in [4.78, 5) is 33.3. The summed E-state index contributed by atoms with van der Waals surface area (Å²) < 4.78 is 0. The number of hydrogen-bond acceptors (Lipinski definition) is 4. The molecule has 4 rings (SSSR count). The van der Waals surface area contributed by atoms with E-state index in [1.54, 1.807) is 25.3 Å². The summed E-state index contributed by atoms with van der Waals surface area (Å²) in [5, 5.41) is 3.62. The second kappa shape index (κ2) is 6.17. The Kier molecular flexibility index (Phi) is 4.08. The molecular weight excluding hydrogens is 377 g/mol. The monoisotopic (exact) mass is 393 g/mol. The van der Waals surface area contributed by atoms with Crippen molar-refractivity contribution in [3.05, 3.63) is 45.3 Å². The second-order valence-electron chi connectivity index (χ2n) is 6.72. The molecule has 0 radical (unpaired) electrons. The smallest absolute Gasteiger partial charge is 0.269 e. The molecule has 2 fully saturated rings. The number of nitrogens with two attached hydrogens (primary N) is 1. The van der Waals surface area contributed by atoms with Crippen LogP contribution >= 0.6 is 23.2 Å². The first kappa shape index (κ1) is 17.2. The molecule has 0 bridgehead atoms. The van der Waals surface area contributed by atoms with Crippen LogP contribution < -0.4 is 16.0 Å². The Morgan fingerprint density at radius 3 is 2.58 bits per heavy atom. The van der Waals surface area contributed by atoms with Crippen molar-refractivity contribution < 1.29 is 9.59 Å². The van der Waals surface area contributed by atoms with E-state index < -0.39 is 5.91 Å².